The maximum Gasteiger partial charge on any atom is 0.227 e. The highest BCUT2D eigenvalue weighted by atomic mass is 15.3. The summed E-state index contributed by atoms with van der Waals surface area (Å²) in [5, 5.41) is 4.65. The lowest BCUT2D eigenvalue weighted by Gasteiger charge is -2.34. The van der Waals surface area contributed by atoms with Crippen molar-refractivity contribution < 1.29 is 0 Å². The zero-order chi connectivity index (χ0) is 23.5. The predicted octanol–water partition coefficient (Wildman–Crippen LogP) is 4.84. The lowest BCUT2D eigenvalue weighted by Crippen LogP contribution is -2.44. The number of hydrogen-bond donors (Lipinski definition) is 2. The molecule has 2 unspecified atom stereocenters. The molecule has 2 N–H and O–H groups in total. The van der Waals surface area contributed by atoms with E-state index in [1.54, 1.807) is 0 Å². The third-order valence-corrected chi connectivity index (χ3v) is 8.18. The van der Waals surface area contributed by atoms with Gasteiger partial charge >= 0.3 is 0 Å². The Morgan fingerprint density at radius 3 is 2.77 bits per heavy atom. The van der Waals surface area contributed by atoms with E-state index in [4.69, 9.17) is 9.97 Å². The number of piperazine rings is 1. The molecular weight excluding hydrogens is 434 g/mol. The third-order valence-electron chi connectivity index (χ3n) is 8.18. The fourth-order valence-corrected chi connectivity index (χ4v) is 6.34. The molecule has 4 aromatic rings. The van der Waals surface area contributed by atoms with Crippen molar-refractivity contribution in [3.05, 3.63) is 59.5 Å². The number of likely N-dealkylation sites (tertiary alicyclic amines) is 1. The van der Waals surface area contributed by atoms with Gasteiger partial charge in [0.25, 0.3) is 0 Å². The molecule has 2 atom stereocenters. The van der Waals surface area contributed by atoms with Gasteiger partial charge < -0.3 is 15.2 Å². The van der Waals surface area contributed by atoms with Crippen molar-refractivity contribution in [2.75, 3.05) is 30.4 Å². The van der Waals surface area contributed by atoms with Gasteiger partial charge in [0.1, 0.15) is 5.65 Å². The minimum atomic E-state index is 0.604. The maximum absolute atomic E-state index is 4.82. The van der Waals surface area contributed by atoms with Crippen molar-refractivity contribution in [2.24, 2.45) is 0 Å². The van der Waals surface area contributed by atoms with E-state index < -0.39 is 0 Å². The summed E-state index contributed by atoms with van der Waals surface area (Å²) < 4.78 is 0. The number of aryl methyl sites for hydroxylation is 3. The third kappa shape index (κ3) is 3.57. The molecular formula is C28H31N7. The van der Waals surface area contributed by atoms with Gasteiger partial charge in [0, 0.05) is 65.6 Å². The second-order valence-electron chi connectivity index (χ2n) is 10.4. The lowest BCUT2D eigenvalue weighted by atomic mass is 9.95. The molecule has 3 aromatic heterocycles. The lowest BCUT2D eigenvalue weighted by molar-refractivity contribution is 0.292. The zero-order valence-electron chi connectivity index (χ0n) is 20.4. The highest BCUT2D eigenvalue weighted by Gasteiger charge is 2.41. The molecule has 7 heteroatoms. The molecule has 3 aliphatic rings. The summed E-state index contributed by atoms with van der Waals surface area (Å²) in [4.78, 5) is 22.6. The van der Waals surface area contributed by atoms with Gasteiger partial charge in [-0.3, -0.25) is 4.90 Å². The molecule has 1 aromatic carbocycles. The van der Waals surface area contributed by atoms with Crippen molar-refractivity contribution in [3.63, 3.8) is 0 Å². The van der Waals surface area contributed by atoms with Crippen LogP contribution in [-0.4, -0.2) is 57.1 Å². The quantitative estimate of drug-likeness (QED) is 0.449. The van der Waals surface area contributed by atoms with Crippen LogP contribution >= 0.6 is 0 Å². The Hall–Kier alpha value is -3.45. The minimum absolute atomic E-state index is 0.604. The van der Waals surface area contributed by atoms with E-state index in [0.29, 0.717) is 18.0 Å². The number of fused-ring (bicyclic) bond motifs is 5. The average molecular weight is 466 g/mol. The second-order valence-corrected chi connectivity index (χ2v) is 10.4. The molecule has 2 fully saturated rings. The Morgan fingerprint density at radius 2 is 1.94 bits per heavy atom. The predicted molar refractivity (Wildman–Crippen MR) is 140 cm³/mol. The van der Waals surface area contributed by atoms with Crippen molar-refractivity contribution in [3.8, 4) is 11.3 Å². The van der Waals surface area contributed by atoms with Crippen LogP contribution in [0.3, 0.4) is 0 Å². The van der Waals surface area contributed by atoms with E-state index in [9.17, 15) is 0 Å². The number of nitrogens with one attached hydrogen (secondary N) is 2. The summed E-state index contributed by atoms with van der Waals surface area (Å²) in [5.74, 6) is 0.604. The van der Waals surface area contributed by atoms with Crippen LogP contribution in [0.2, 0.25) is 0 Å². The van der Waals surface area contributed by atoms with Gasteiger partial charge in [0.2, 0.25) is 5.95 Å². The van der Waals surface area contributed by atoms with Gasteiger partial charge in [0.15, 0.2) is 0 Å². The number of hydrogen-bond acceptors (Lipinski definition) is 6. The van der Waals surface area contributed by atoms with Gasteiger partial charge in [-0.25, -0.2) is 15.0 Å². The number of aromatic amines is 1. The fraction of sp³-hybridized carbons (Fsp3) is 0.393. The first-order chi connectivity index (χ1) is 17.1. The molecule has 5 heterocycles. The van der Waals surface area contributed by atoms with Crippen molar-refractivity contribution >= 4 is 28.4 Å². The normalized spacial score (nSPS) is 21.6. The van der Waals surface area contributed by atoms with Gasteiger partial charge in [-0.15, -0.1) is 0 Å². The van der Waals surface area contributed by atoms with Gasteiger partial charge in [-0.1, -0.05) is 0 Å². The van der Waals surface area contributed by atoms with E-state index in [0.717, 1.165) is 48.5 Å². The summed E-state index contributed by atoms with van der Waals surface area (Å²) in [7, 11) is 2.25. The summed E-state index contributed by atoms with van der Waals surface area (Å²) in [6, 6.07) is 12.1. The number of aromatic nitrogens is 4. The van der Waals surface area contributed by atoms with Crippen LogP contribution in [0.5, 0.6) is 0 Å². The molecule has 2 saturated heterocycles. The summed E-state index contributed by atoms with van der Waals surface area (Å²) in [6.07, 6.45) is 9.77. The van der Waals surface area contributed by atoms with Crippen molar-refractivity contribution in [1.82, 2.24) is 24.8 Å². The first kappa shape index (κ1) is 20.9. The van der Waals surface area contributed by atoms with Crippen LogP contribution in [0.4, 0.5) is 17.3 Å². The minimum Gasteiger partial charge on any atom is -0.365 e. The Balaban J connectivity index is 1.13. The summed E-state index contributed by atoms with van der Waals surface area (Å²) in [6.45, 7) is 4.49. The van der Waals surface area contributed by atoms with E-state index in [2.05, 4.69) is 63.3 Å². The maximum atomic E-state index is 4.82. The largest absolute Gasteiger partial charge is 0.365 e. The summed E-state index contributed by atoms with van der Waals surface area (Å²) in [5.41, 5.74) is 9.33. The van der Waals surface area contributed by atoms with Crippen LogP contribution in [0.1, 0.15) is 36.1 Å². The van der Waals surface area contributed by atoms with Crippen LogP contribution in [0.15, 0.2) is 42.7 Å². The Bertz CT molecular complexity index is 1420. The topological polar surface area (TPSA) is 73.0 Å². The first-order valence-electron chi connectivity index (χ1n) is 12.8. The number of benzene rings is 1. The number of H-pyrrole nitrogens is 1. The number of rotatable bonds is 4. The molecule has 2 aliphatic heterocycles. The molecule has 7 rings (SSSR count). The van der Waals surface area contributed by atoms with Gasteiger partial charge in [-0.2, -0.15) is 0 Å². The van der Waals surface area contributed by atoms with Crippen LogP contribution < -0.4 is 10.2 Å². The van der Waals surface area contributed by atoms with Gasteiger partial charge in [0.05, 0.1) is 5.69 Å². The number of pyridine rings is 1. The monoisotopic (exact) mass is 465 g/mol. The molecule has 178 valence electrons. The molecule has 7 nitrogen and oxygen atoms in total. The van der Waals surface area contributed by atoms with E-state index in [1.807, 2.05) is 18.5 Å². The molecule has 35 heavy (non-hydrogen) atoms. The Kier molecular flexibility index (Phi) is 4.81. The second kappa shape index (κ2) is 8.05. The van der Waals surface area contributed by atoms with E-state index in [-0.39, 0.29) is 0 Å². The summed E-state index contributed by atoms with van der Waals surface area (Å²) >= 11 is 0. The van der Waals surface area contributed by atoms with Crippen LogP contribution in [0.25, 0.3) is 22.3 Å². The van der Waals surface area contributed by atoms with Gasteiger partial charge in [-0.05, 0) is 87.5 Å². The average Bonchev–Trinajstić information content (AvgIpc) is 3.56. The Morgan fingerprint density at radius 1 is 1.03 bits per heavy atom. The number of likely N-dealkylation sites (N-methyl/N-ethyl adjacent to an activating group) is 1. The molecule has 0 spiro atoms. The highest BCUT2D eigenvalue weighted by molar-refractivity contribution is 5.85. The standard InChI is InChI=1S/C28H31N7/c1-17-11-19(7-8-26(17)35-16-20-13-21(35)15-34(20)2)31-28-29-10-9-24(33-28)18-12-23-22-5-3-4-6-25(22)32-27(23)30-14-18/h7-12,14,20-21H,3-6,13,15-16H2,1-2H3,(H,30,32)(H,29,31,33). The molecule has 0 radical (unpaired) electrons. The van der Waals surface area contributed by atoms with Crippen molar-refractivity contribution in [2.45, 2.75) is 51.1 Å². The zero-order valence-corrected chi connectivity index (χ0v) is 20.4. The molecule has 0 saturated carbocycles. The number of nitrogens with zero attached hydrogens (tertiary/aromatic N) is 5. The molecule has 0 amide bonds. The molecule has 1 aliphatic carbocycles. The smallest absolute Gasteiger partial charge is 0.227 e. The Labute approximate surface area is 205 Å². The fourth-order valence-electron chi connectivity index (χ4n) is 6.34. The van der Waals surface area contributed by atoms with Crippen molar-refractivity contribution in [1.29, 1.82) is 0 Å². The van der Waals surface area contributed by atoms with E-state index >= 15 is 0 Å². The van der Waals surface area contributed by atoms with Crippen LogP contribution in [-0.2, 0) is 12.8 Å². The molecule has 2 bridgehead atoms. The highest BCUT2D eigenvalue weighted by Crippen LogP contribution is 2.36. The van der Waals surface area contributed by atoms with E-state index in [1.165, 1.54) is 47.2 Å². The van der Waals surface area contributed by atoms with Crippen LogP contribution in [0, 0.1) is 6.92 Å². The number of anilines is 3. The SMILES string of the molecule is Cc1cc(Nc2nccc(-c3cnc4[nH]c5c(c4c3)CCCC5)n2)ccc1N1CC2CC1CN2C. The first-order valence-corrected chi connectivity index (χ1v) is 12.8.